The number of benzene rings is 1. The summed E-state index contributed by atoms with van der Waals surface area (Å²) >= 11 is 0. The summed E-state index contributed by atoms with van der Waals surface area (Å²) in [5.41, 5.74) is 3.15. The molecule has 0 saturated carbocycles. The highest BCUT2D eigenvalue weighted by Crippen LogP contribution is 2.20. The molecule has 0 aliphatic carbocycles. The first-order chi connectivity index (χ1) is 15.2. The Hall–Kier alpha value is -3.26. The molecule has 1 fully saturated rings. The number of hydrogen-bond donors (Lipinski definition) is 0. The molecule has 1 aliphatic rings. The van der Waals surface area contributed by atoms with Gasteiger partial charge in [-0.1, -0.05) is 37.3 Å². The first kappa shape index (κ1) is 19.7. The average Bonchev–Trinajstić information content (AvgIpc) is 3.41. The van der Waals surface area contributed by atoms with E-state index in [1.807, 2.05) is 29.8 Å². The Labute approximate surface area is 181 Å². The fourth-order valence-corrected chi connectivity index (χ4v) is 3.96. The number of ether oxygens (including phenoxy) is 1. The lowest BCUT2D eigenvalue weighted by atomic mass is 10.2. The van der Waals surface area contributed by atoms with Crippen LogP contribution >= 0.6 is 0 Å². The summed E-state index contributed by atoms with van der Waals surface area (Å²) in [4.78, 5) is 16.6. The first-order valence-electron chi connectivity index (χ1n) is 10.9. The van der Waals surface area contributed by atoms with Gasteiger partial charge in [0, 0.05) is 56.5 Å². The van der Waals surface area contributed by atoms with Gasteiger partial charge in [-0.15, -0.1) is 5.10 Å². The van der Waals surface area contributed by atoms with Crippen molar-refractivity contribution in [2.75, 3.05) is 31.2 Å². The van der Waals surface area contributed by atoms with Crippen LogP contribution in [0.3, 0.4) is 0 Å². The first-order valence-corrected chi connectivity index (χ1v) is 10.9. The fourth-order valence-electron chi connectivity index (χ4n) is 3.96. The van der Waals surface area contributed by atoms with Crippen LogP contribution in [0.1, 0.15) is 24.3 Å². The van der Waals surface area contributed by atoms with Crippen molar-refractivity contribution in [3.8, 4) is 11.3 Å². The Bertz CT molecular complexity index is 1180. The average molecular weight is 418 g/mol. The monoisotopic (exact) mass is 417 g/mol. The third-order valence-electron chi connectivity index (χ3n) is 5.70. The van der Waals surface area contributed by atoms with Gasteiger partial charge in [0.15, 0.2) is 5.82 Å². The lowest BCUT2D eigenvalue weighted by molar-refractivity contribution is 0.122. The Morgan fingerprint density at radius 1 is 1.00 bits per heavy atom. The van der Waals surface area contributed by atoms with Crippen molar-refractivity contribution in [1.82, 2.24) is 29.1 Å². The van der Waals surface area contributed by atoms with E-state index in [9.17, 15) is 0 Å². The van der Waals surface area contributed by atoms with E-state index >= 15 is 0 Å². The van der Waals surface area contributed by atoms with Gasteiger partial charge in [-0.05, 0) is 6.42 Å². The van der Waals surface area contributed by atoms with Crippen LogP contribution in [0.15, 0.2) is 42.6 Å². The topological polar surface area (TPSA) is 73.4 Å². The third kappa shape index (κ3) is 4.03. The van der Waals surface area contributed by atoms with E-state index in [0.29, 0.717) is 12.2 Å². The van der Waals surface area contributed by atoms with Gasteiger partial charge in [-0.25, -0.2) is 9.97 Å². The van der Waals surface area contributed by atoms with Gasteiger partial charge in [0.05, 0.1) is 18.9 Å². The molecular weight excluding hydrogens is 390 g/mol. The molecule has 160 valence electrons. The van der Waals surface area contributed by atoms with Gasteiger partial charge in [-0.2, -0.15) is 9.50 Å². The van der Waals surface area contributed by atoms with Crippen LogP contribution in [-0.4, -0.2) is 55.4 Å². The molecule has 1 aromatic carbocycles. The number of aromatic nitrogens is 6. The molecular formula is C23H27N7O. The van der Waals surface area contributed by atoms with Crippen molar-refractivity contribution in [2.24, 2.45) is 7.05 Å². The second-order valence-corrected chi connectivity index (χ2v) is 7.82. The van der Waals surface area contributed by atoms with Crippen LogP contribution in [-0.2, 0) is 31.0 Å². The largest absolute Gasteiger partial charge is 0.378 e. The summed E-state index contributed by atoms with van der Waals surface area (Å²) in [5, 5.41) is 4.80. The standard InChI is InChI=1S/C23H27N7O/c1-3-18-15-22(29-11-13-31-14-12-29)30-23(24-18)26-20(27-30)9-10-21-25-19(16-28(21)2)17-7-5-4-6-8-17/h4-8,15-16H,3,9-14H2,1-2H3. The lowest BCUT2D eigenvalue weighted by Crippen LogP contribution is -2.37. The van der Waals surface area contributed by atoms with Crippen LogP contribution in [0, 0.1) is 0 Å². The zero-order valence-electron chi connectivity index (χ0n) is 18.0. The fraction of sp³-hybridized carbons (Fsp3) is 0.391. The molecule has 1 saturated heterocycles. The number of fused-ring (bicyclic) bond motifs is 1. The van der Waals surface area contributed by atoms with E-state index < -0.39 is 0 Å². The maximum atomic E-state index is 5.52. The number of imidazole rings is 1. The Kier molecular flexibility index (Phi) is 5.38. The van der Waals surface area contributed by atoms with Gasteiger partial charge in [-0.3, -0.25) is 0 Å². The van der Waals surface area contributed by atoms with Crippen LogP contribution in [0.25, 0.3) is 17.0 Å². The van der Waals surface area contributed by atoms with E-state index in [1.54, 1.807) is 0 Å². The molecule has 5 rings (SSSR count). The number of nitrogens with zero attached hydrogens (tertiary/aromatic N) is 7. The molecule has 4 heterocycles. The molecule has 0 N–H and O–H groups in total. The maximum Gasteiger partial charge on any atom is 0.254 e. The van der Waals surface area contributed by atoms with Crippen LogP contribution in [0.4, 0.5) is 5.82 Å². The summed E-state index contributed by atoms with van der Waals surface area (Å²) in [6, 6.07) is 12.4. The quantitative estimate of drug-likeness (QED) is 0.480. The van der Waals surface area contributed by atoms with Crippen LogP contribution in [0.5, 0.6) is 0 Å². The van der Waals surface area contributed by atoms with E-state index in [2.05, 4.69) is 40.8 Å². The van der Waals surface area contributed by atoms with Crippen molar-refractivity contribution in [3.05, 3.63) is 59.9 Å². The molecule has 0 bridgehead atoms. The van der Waals surface area contributed by atoms with Crippen LogP contribution < -0.4 is 4.90 Å². The summed E-state index contributed by atoms with van der Waals surface area (Å²) in [6.45, 7) is 5.29. The zero-order chi connectivity index (χ0) is 21.2. The molecule has 4 aromatic rings. The number of aryl methyl sites for hydroxylation is 4. The van der Waals surface area contributed by atoms with E-state index in [-0.39, 0.29) is 0 Å². The summed E-state index contributed by atoms with van der Waals surface area (Å²) < 4.78 is 9.49. The van der Waals surface area contributed by atoms with Gasteiger partial charge >= 0.3 is 0 Å². The van der Waals surface area contributed by atoms with E-state index in [0.717, 1.165) is 73.6 Å². The normalized spacial score (nSPS) is 14.5. The number of morpholine rings is 1. The van der Waals surface area contributed by atoms with Crippen molar-refractivity contribution < 1.29 is 4.74 Å². The molecule has 0 atom stereocenters. The van der Waals surface area contributed by atoms with Crippen molar-refractivity contribution in [1.29, 1.82) is 0 Å². The highest BCUT2D eigenvalue weighted by molar-refractivity contribution is 5.58. The third-order valence-corrected chi connectivity index (χ3v) is 5.70. The molecule has 0 spiro atoms. The highest BCUT2D eigenvalue weighted by atomic mass is 16.5. The minimum Gasteiger partial charge on any atom is -0.378 e. The van der Waals surface area contributed by atoms with Crippen molar-refractivity contribution >= 4 is 11.6 Å². The Balaban J connectivity index is 1.39. The molecule has 0 amide bonds. The molecule has 0 radical (unpaired) electrons. The van der Waals surface area contributed by atoms with Gasteiger partial charge in [0.25, 0.3) is 5.78 Å². The predicted molar refractivity (Wildman–Crippen MR) is 119 cm³/mol. The summed E-state index contributed by atoms with van der Waals surface area (Å²) in [6.07, 6.45) is 4.43. The predicted octanol–water partition coefficient (Wildman–Crippen LogP) is 2.71. The molecule has 3 aromatic heterocycles. The second kappa shape index (κ2) is 8.47. The lowest BCUT2D eigenvalue weighted by Gasteiger charge is -2.28. The second-order valence-electron chi connectivity index (χ2n) is 7.82. The maximum absolute atomic E-state index is 5.52. The van der Waals surface area contributed by atoms with Gasteiger partial charge < -0.3 is 14.2 Å². The van der Waals surface area contributed by atoms with Crippen LogP contribution in [0.2, 0.25) is 0 Å². The van der Waals surface area contributed by atoms with Gasteiger partial charge in [0.1, 0.15) is 11.6 Å². The van der Waals surface area contributed by atoms with E-state index in [1.165, 1.54) is 0 Å². The highest BCUT2D eigenvalue weighted by Gasteiger charge is 2.18. The molecule has 0 unspecified atom stereocenters. The molecule has 31 heavy (non-hydrogen) atoms. The number of rotatable bonds is 6. The minimum absolute atomic E-state index is 0.667. The smallest absolute Gasteiger partial charge is 0.254 e. The zero-order valence-corrected chi connectivity index (χ0v) is 18.0. The summed E-state index contributed by atoms with van der Waals surface area (Å²) in [7, 11) is 2.04. The Morgan fingerprint density at radius 2 is 1.81 bits per heavy atom. The van der Waals surface area contributed by atoms with E-state index in [4.69, 9.17) is 24.8 Å². The van der Waals surface area contributed by atoms with Gasteiger partial charge in [0.2, 0.25) is 0 Å². The van der Waals surface area contributed by atoms with Crippen molar-refractivity contribution in [3.63, 3.8) is 0 Å². The molecule has 8 heteroatoms. The number of anilines is 1. The molecule has 1 aliphatic heterocycles. The summed E-state index contributed by atoms with van der Waals surface area (Å²) in [5.74, 6) is 3.53. The Morgan fingerprint density at radius 3 is 2.58 bits per heavy atom. The SMILES string of the molecule is CCc1cc(N2CCOCC2)n2nc(CCc3nc(-c4ccccc4)cn3C)nc2n1. The molecule has 8 nitrogen and oxygen atoms in total. The van der Waals surface area contributed by atoms with Crippen molar-refractivity contribution in [2.45, 2.75) is 26.2 Å². The number of hydrogen-bond acceptors (Lipinski definition) is 6. The minimum atomic E-state index is 0.667.